The highest BCUT2D eigenvalue weighted by Crippen LogP contribution is 2.18. The van der Waals surface area contributed by atoms with Crippen molar-refractivity contribution in [3.63, 3.8) is 0 Å². The second-order valence-electron chi connectivity index (χ2n) is 6.47. The van der Waals surface area contributed by atoms with Gasteiger partial charge < -0.3 is 14.6 Å². The molecule has 1 N–H and O–H groups in total. The molecule has 0 fully saturated rings. The van der Waals surface area contributed by atoms with Crippen molar-refractivity contribution in [1.29, 1.82) is 0 Å². The van der Waals surface area contributed by atoms with Gasteiger partial charge in [-0.05, 0) is 18.1 Å². The number of furan rings is 1. The highest BCUT2D eigenvalue weighted by molar-refractivity contribution is 14.0. The van der Waals surface area contributed by atoms with Crippen molar-refractivity contribution in [3.05, 3.63) is 40.7 Å². The average Bonchev–Trinajstić information content (AvgIpc) is 3.23. The molecule has 2 aromatic rings. The number of nitrogens with one attached hydrogen (secondary N) is 1. The monoisotopic (exact) mass is 476 g/mol. The molecule has 2 aromatic heterocycles. The maximum absolute atomic E-state index is 5.39. The molecule has 0 aliphatic heterocycles. The highest BCUT2D eigenvalue weighted by Gasteiger charge is 2.14. The lowest BCUT2D eigenvalue weighted by Gasteiger charge is -2.25. The zero-order valence-electron chi connectivity index (χ0n) is 15.4. The zero-order valence-corrected chi connectivity index (χ0v) is 18.6. The van der Waals surface area contributed by atoms with Crippen LogP contribution in [0.15, 0.2) is 39.4 Å². The van der Waals surface area contributed by atoms with E-state index in [0.717, 1.165) is 37.8 Å². The summed E-state index contributed by atoms with van der Waals surface area (Å²) in [7, 11) is 2.09. The fourth-order valence-electron chi connectivity index (χ4n) is 2.39. The van der Waals surface area contributed by atoms with E-state index in [1.165, 1.54) is 5.01 Å². The molecule has 25 heavy (non-hydrogen) atoms. The molecular weight excluding hydrogens is 447 g/mol. The van der Waals surface area contributed by atoms with Crippen LogP contribution in [-0.2, 0) is 6.42 Å². The molecular formula is C18H29IN4OS. The second kappa shape index (κ2) is 11.5. The summed E-state index contributed by atoms with van der Waals surface area (Å²) < 4.78 is 5.39. The van der Waals surface area contributed by atoms with Crippen LogP contribution in [0.2, 0.25) is 0 Å². The van der Waals surface area contributed by atoms with Crippen LogP contribution < -0.4 is 5.32 Å². The van der Waals surface area contributed by atoms with E-state index in [9.17, 15) is 0 Å². The predicted octanol–water partition coefficient (Wildman–Crippen LogP) is 4.23. The number of rotatable bonds is 8. The van der Waals surface area contributed by atoms with Gasteiger partial charge in [-0.25, -0.2) is 4.98 Å². The summed E-state index contributed by atoms with van der Waals surface area (Å²) in [5.41, 5.74) is 0. The van der Waals surface area contributed by atoms with E-state index in [1.54, 1.807) is 17.6 Å². The Labute approximate surface area is 172 Å². The van der Waals surface area contributed by atoms with Gasteiger partial charge >= 0.3 is 0 Å². The SMILES string of the molecule is CC(C)CN=C(NCCc1ccco1)N(C)CC(C)c1nccs1.I. The summed E-state index contributed by atoms with van der Waals surface area (Å²) in [6, 6.07) is 3.92. The maximum Gasteiger partial charge on any atom is 0.193 e. The van der Waals surface area contributed by atoms with Gasteiger partial charge in [0.05, 0.1) is 11.3 Å². The number of thiazole rings is 1. The first-order chi connectivity index (χ1) is 11.6. The number of hydrogen-bond donors (Lipinski definition) is 1. The number of aromatic nitrogens is 1. The number of nitrogens with zero attached hydrogens (tertiary/aromatic N) is 3. The normalized spacial score (nSPS) is 12.8. The third kappa shape index (κ3) is 7.77. The molecule has 0 bridgehead atoms. The fraction of sp³-hybridized carbons (Fsp3) is 0.556. The highest BCUT2D eigenvalue weighted by atomic mass is 127. The largest absolute Gasteiger partial charge is 0.469 e. The van der Waals surface area contributed by atoms with Gasteiger partial charge in [0.25, 0.3) is 0 Å². The minimum Gasteiger partial charge on any atom is -0.469 e. The summed E-state index contributed by atoms with van der Waals surface area (Å²) in [5, 5.41) is 6.66. The van der Waals surface area contributed by atoms with Gasteiger partial charge in [0, 0.05) is 50.6 Å². The molecule has 5 nitrogen and oxygen atoms in total. The Morgan fingerprint density at radius 3 is 2.80 bits per heavy atom. The van der Waals surface area contributed by atoms with E-state index in [1.807, 2.05) is 23.7 Å². The first kappa shape index (κ1) is 22.0. The Balaban J connectivity index is 0.00000312. The molecule has 140 valence electrons. The molecule has 2 rings (SSSR count). The minimum absolute atomic E-state index is 0. The lowest BCUT2D eigenvalue weighted by molar-refractivity contribution is 0.440. The van der Waals surface area contributed by atoms with E-state index in [4.69, 9.17) is 9.41 Å². The maximum atomic E-state index is 5.39. The van der Waals surface area contributed by atoms with Gasteiger partial charge in [0.2, 0.25) is 0 Å². The van der Waals surface area contributed by atoms with Crippen LogP contribution in [0.3, 0.4) is 0 Å². The molecule has 7 heteroatoms. The Kier molecular flexibility index (Phi) is 10.1. The van der Waals surface area contributed by atoms with Crippen LogP contribution in [-0.4, -0.2) is 42.5 Å². The van der Waals surface area contributed by atoms with Crippen LogP contribution in [0.4, 0.5) is 0 Å². The van der Waals surface area contributed by atoms with Gasteiger partial charge in [-0.15, -0.1) is 35.3 Å². The van der Waals surface area contributed by atoms with Crippen LogP contribution >= 0.6 is 35.3 Å². The van der Waals surface area contributed by atoms with E-state index in [0.29, 0.717) is 11.8 Å². The van der Waals surface area contributed by atoms with Gasteiger partial charge in [-0.3, -0.25) is 4.99 Å². The number of guanidine groups is 1. The molecule has 0 saturated carbocycles. The van der Waals surface area contributed by atoms with Crippen molar-refractivity contribution >= 4 is 41.3 Å². The van der Waals surface area contributed by atoms with Crippen LogP contribution in [0.5, 0.6) is 0 Å². The van der Waals surface area contributed by atoms with Crippen molar-refractivity contribution in [2.75, 3.05) is 26.7 Å². The van der Waals surface area contributed by atoms with Crippen LogP contribution in [0.1, 0.15) is 37.5 Å². The number of likely N-dealkylation sites (N-methyl/N-ethyl adjacent to an activating group) is 1. The summed E-state index contributed by atoms with van der Waals surface area (Å²) in [6.45, 7) is 9.08. The molecule has 0 aromatic carbocycles. The van der Waals surface area contributed by atoms with Crippen molar-refractivity contribution in [1.82, 2.24) is 15.2 Å². The fourth-order valence-corrected chi connectivity index (χ4v) is 3.08. The minimum atomic E-state index is 0. The van der Waals surface area contributed by atoms with Gasteiger partial charge in [0.1, 0.15) is 5.76 Å². The van der Waals surface area contributed by atoms with Crippen LogP contribution in [0.25, 0.3) is 0 Å². The van der Waals surface area contributed by atoms with E-state index in [-0.39, 0.29) is 24.0 Å². The Morgan fingerprint density at radius 2 is 2.20 bits per heavy atom. The molecule has 0 aliphatic carbocycles. The van der Waals surface area contributed by atoms with Gasteiger partial charge in [-0.1, -0.05) is 20.8 Å². The Bertz CT molecular complexity index is 599. The lowest BCUT2D eigenvalue weighted by atomic mass is 10.2. The zero-order chi connectivity index (χ0) is 17.4. The molecule has 0 radical (unpaired) electrons. The van der Waals surface area contributed by atoms with E-state index in [2.05, 4.69) is 43.0 Å². The number of aliphatic imine (C=N–C) groups is 1. The number of hydrogen-bond acceptors (Lipinski definition) is 4. The summed E-state index contributed by atoms with van der Waals surface area (Å²) >= 11 is 1.71. The second-order valence-corrected chi connectivity index (χ2v) is 7.39. The van der Waals surface area contributed by atoms with Crippen molar-refractivity contribution in [2.45, 2.75) is 33.1 Å². The lowest BCUT2D eigenvalue weighted by Crippen LogP contribution is -2.41. The van der Waals surface area contributed by atoms with Gasteiger partial charge in [-0.2, -0.15) is 0 Å². The predicted molar refractivity (Wildman–Crippen MR) is 116 cm³/mol. The molecule has 2 heterocycles. The first-order valence-electron chi connectivity index (χ1n) is 8.47. The third-order valence-electron chi connectivity index (χ3n) is 3.62. The first-order valence-corrected chi connectivity index (χ1v) is 9.35. The van der Waals surface area contributed by atoms with Crippen molar-refractivity contribution in [2.24, 2.45) is 10.9 Å². The molecule has 0 spiro atoms. The van der Waals surface area contributed by atoms with E-state index >= 15 is 0 Å². The van der Waals surface area contributed by atoms with Gasteiger partial charge in [0.15, 0.2) is 5.96 Å². The van der Waals surface area contributed by atoms with Crippen molar-refractivity contribution < 1.29 is 4.42 Å². The molecule has 0 amide bonds. The summed E-state index contributed by atoms with van der Waals surface area (Å²) in [5.74, 6) is 2.85. The van der Waals surface area contributed by atoms with Crippen LogP contribution in [0, 0.1) is 5.92 Å². The molecule has 0 saturated heterocycles. The average molecular weight is 476 g/mol. The standard InChI is InChI=1S/C18H28N4OS.HI/c1-14(2)12-21-18(20-8-7-16-6-5-10-23-16)22(4)13-15(3)17-19-9-11-24-17;/h5-6,9-11,14-15H,7-8,12-13H2,1-4H3,(H,20,21);1H. The smallest absolute Gasteiger partial charge is 0.193 e. The third-order valence-corrected chi connectivity index (χ3v) is 4.63. The molecule has 1 atom stereocenters. The topological polar surface area (TPSA) is 53.7 Å². The molecule has 0 aliphatic rings. The Hall–Kier alpha value is -1.09. The Morgan fingerprint density at radius 1 is 1.40 bits per heavy atom. The summed E-state index contributed by atoms with van der Waals surface area (Å²) in [4.78, 5) is 11.4. The van der Waals surface area contributed by atoms with E-state index < -0.39 is 0 Å². The van der Waals surface area contributed by atoms with Crippen molar-refractivity contribution in [3.8, 4) is 0 Å². The summed E-state index contributed by atoms with van der Waals surface area (Å²) in [6.07, 6.45) is 4.43. The molecule has 1 unspecified atom stereocenters. The quantitative estimate of drug-likeness (QED) is 0.352. The number of halogens is 1.